The maximum Gasteiger partial charge on any atom is 0.332 e. The SMILES string of the molecule is CCCCC(OC(C)C(C)O)C(=O)O. The van der Waals surface area contributed by atoms with Crippen molar-refractivity contribution < 1.29 is 19.7 Å². The molecule has 0 aromatic carbocycles. The van der Waals surface area contributed by atoms with Gasteiger partial charge < -0.3 is 14.9 Å². The first kappa shape index (κ1) is 13.4. The molecule has 0 rings (SSSR count). The van der Waals surface area contributed by atoms with Gasteiger partial charge in [-0.2, -0.15) is 0 Å². The Bertz CT molecular complexity index is 168. The van der Waals surface area contributed by atoms with E-state index in [1.807, 2.05) is 6.92 Å². The van der Waals surface area contributed by atoms with Crippen LogP contribution in [0.4, 0.5) is 0 Å². The van der Waals surface area contributed by atoms with Gasteiger partial charge in [0.1, 0.15) is 0 Å². The van der Waals surface area contributed by atoms with E-state index >= 15 is 0 Å². The van der Waals surface area contributed by atoms with Crippen molar-refractivity contribution in [2.24, 2.45) is 0 Å². The van der Waals surface area contributed by atoms with Gasteiger partial charge in [0.05, 0.1) is 12.2 Å². The Balaban J connectivity index is 4.02. The number of rotatable bonds is 7. The quantitative estimate of drug-likeness (QED) is 0.658. The van der Waals surface area contributed by atoms with Crippen LogP contribution >= 0.6 is 0 Å². The molecule has 84 valence electrons. The van der Waals surface area contributed by atoms with E-state index in [0.29, 0.717) is 6.42 Å². The molecule has 0 saturated carbocycles. The molecular formula is C10H20O4. The minimum Gasteiger partial charge on any atom is -0.479 e. The predicted octanol–water partition coefficient (Wildman–Crippen LogP) is 1.42. The van der Waals surface area contributed by atoms with Gasteiger partial charge in [0, 0.05) is 0 Å². The number of aliphatic hydroxyl groups excluding tert-OH is 1. The zero-order chi connectivity index (χ0) is 11.1. The summed E-state index contributed by atoms with van der Waals surface area (Å²) in [7, 11) is 0. The van der Waals surface area contributed by atoms with Gasteiger partial charge in [-0.1, -0.05) is 19.8 Å². The van der Waals surface area contributed by atoms with Gasteiger partial charge in [-0.05, 0) is 20.3 Å². The third-order valence-corrected chi connectivity index (χ3v) is 2.15. The van der Waals surface area contributed by atoms with E-state index in [1.165, 1.54) is 0 Å². The summed E-state index contributed by atoms with van der Waals surface area (Å²) < 4.78 is 5.23. The van der Waals surface area contributed by atoms with Crippen LogP contribution in [0.1, 0.15) is 40.0 Å². The summed E-state index contributed by atoms with van der Waals surface area (Å²) in [6, 6.07) is 0. The Morgan fingerprint density at radius 2 is 2.00 bits per heavy atom. The number of hydrogen-bond acceptors (Lipinski definition) is 3. The van der Waals surface area contributed by atoms with Gasteiger partial charge in [0.25, 0.3) is 0 Å². The van der Waals surface area contributed by atoms with E-state index in [-0.39, 0.29) is 0 Å². The average Bonchev–Trinajstić information content (AvgIpc) is 2.10. The molecule has 0 aliphatic heterocycles. The van der Waals surface area contributed by atoms with Crippen LogP contribution in [-0.2, 0) is 9.53 Å². The van der Waals surface area contributed by atoms with Crippen LogP contribution in [0.5, 0.6) is 0 Å². The van der Waals surface area contributed by atoms with Crippen LogP contribution in [0.2, 0.25) is 0 Å². The molecule has 0 spiro atoms. The molecule has 0 aliphatic rings. The normalized spacial score (nSPS) is 17.4. The molecule has 0 aromatic heterocycles. The summed E-state index contributed by atoms with van der Waals surface area (Å²) in [5.74, 6) is -0.953. The minimum absolute atomic E-state index is 0.437. The first-order valence-electron chi connectivity index (χ1n) is 5.05. The molecule has 14 heavy (non-hydrogen) atoms. The van der Waals surface area contributed by atoms with Gasteiger partial charge in [0.2, 0.25) is 0 Å². The van der Waals surface area contributed by atoms with Crippen LogP contribution in [-0.4, -0.2) is 34.5 Å². The van der Waals surface area contributed by atoms with Gasteiger partial charge in [-0.3, -0.25) is 0 Å². The second-order valence-electron chi connectivity index (χ2n) is 3.55. The van der Waals surface area contributed by atoms with E-state index in [4.69, 9.17) is 14.9 Å². The molecule has 0 bridgehead atoms. The molecule has 0 aliphatic carbocycles. The summed E-state index contributed by atoms with van der Waals surface area (Å²) in [5.41, 5.74) is 0. The third-order valence-electron chi connectivity index (χ3n) is 2.15. The lowest BCUT2D eigenvalue weighted by molar-refractivity contribution is -0.158. The molecule has 0 amide bonds. The van der Waals surface area contributed by atoms with Crippen molar-refractivity contribution in [1.29, 1.82) is 0 Å². The number of hydrogen-bond donors (Lipinski definition) is 2. The lowest BCUT2D eigenvalue weighted by Crippen LogP contribution is -2.33. The van der Waals surface area contributed by atoms with Crippen molar-refractivity contribution in [3.05, 3.63) is 0 Å². The van der Waals surface area contributed by atoms with Crippen molar-refractivity contribution in [3.63, 3.8) is 0 Å². The molecule has 4 heteroatoms. The third kappa shape index (κ3) is 5.19. The van der Waals surface area contributed by atoms with Crippen molar-refractivity contribution in [2.75, 3.05) is 0 Å². The number of aliphatic hydroxyl groups is 1. The molecule has 3 atom stereocenters. The first-order valence-corrected chi connectivity index (χ1v) is 5.05. The van der Waals surface area contributed by atoms with Crippen LogP contribution in [0, 0.1) is 0 Å². The predicted molar refractivity (Wildman–Crippen MR) is 53.2 cm³/mol. The van der Waals surface area contributed by atoms with E-state index in [0.717, 1.165) is 12.8 Å². The van der Waals surface area contributed by atoms with E-state index in [9.17, 15) is 4.79 Å². The standard InChI is InChI=1S/C10H20O4/c1-4-5-6-9(10(12)13)14-8(3)7(2)11/h7-9,11H,4-6H2,1-3H3,(H,12,13). The number of unbranched alkanes of at least 4 members (excludes halogenated alkanes) is 1. The van der Waals surface area contributed by atoms with E-state index < -0.39 is 24.3 Å². The molecule has 0 radical (unpaired) electrons. The van der Waals surface area contributed by atoms with Gasteiger partial charge in [-0.25, -0.2) is 4.79 Å². The highest BCUT2D eigenvalue weighted by Gasteiger charge is 2.22. The van der Waals surface area contributed by atoms with Crippen molar-refractivity contribution in [2.45, 2.75) is 58.3 Å². The average molecular weight is 204 g/mol. The smallest absolute Gasteiger partial charge is 0.332 e. The van der Waals surface area contributed by atoms with Crippen molar-refractivity contribution in [1.82, 2.24) is 0 Å². The summed E-state index contributed by atoms with van der Waals surface area (Å²) in [6.07, 6.45) is 0.397. The molecule has 4 nitrogen and oxygen atoms in total. The molecule has 3 unspecified atom stereocenters. The lowest BCUT2D eigenvalue weighted by Gasteiger charge is -2.21. The zero-order valence-electron chi connectivity index (χ0n) is 9.06. The minimum atomic E-state index is -0.953. The number of carbonyl (C=O) groups is 1. The van der Waals surface area contributed by atoms with Gasteiger partial charge in [0.15, 0.2) is 6.10 Å². The number of carboxylic acid groups (broad SMARTS) is 1. The van der Waals surface area contributed by atoms with Crippen LogP contribution < -0.4 is 0 Å². The monoisotopic (exact) mass is 204 g/mol. The maximum absolute atomic E-state index is 10.8. The fourth-order valence-electron chi connectivity index (χ4n) is 1.01. The van der Waals surface area contributed by atoms with Gasteiger partial charge in [-0.15, -0.1) is 0 Å². The van der Waals surface area contributed by atoms with Crippen molar-refractivity contribution in [3.8, 4) is 0 Å². The van der Waals surface area contributed by atoms with Crippen LogP contribution in [0.25, 0.3) is 0 Å². The molecule has 2 N–H and O–H groups in total. The highest BCUT2D eigenvalue weighted by atomic mass is 16.5. The Morgan fingerprint density at radius 3 is 2.36 bits per heavy atom. The Hall–Kier alpha value is -0.610. The summed E-state index contributed by atoms with van der Waals surface area (Å²) in [4.78, 5) is 10.8. The molecule has 0 saturated heterocycles. The second-order valence-corrected chi connectivity index (χ2v) is 3.55. The maximum atomic E-state index is 10.8. The molecule has 0 heterocycles. The first-order chi connectivity index (χ1) is 6.49. The fourth-order valence-corrected chi connectivity index (χ4v) is 1.01. The number of ether oxygens (including phenoxy) is 1. The van der Waals surface area contributed by atoms with E-state index in [2.05, 4.69) is 0 Å². The van der Waals surface area contributed by atoms with Crippen molar-refractivity contribution >= 4 is 5.97 Å². The number of carboxylic acids is 1. The van der Waals surface area contributed by atoms with Crippen LogP contribution in [0.3, 0.4) is 0 Å². The Labute approximate surface area is 84.9 Å². The Morgan fingerprint density at radius 1 is 1.43 bits per heavy atom. The van der Waals surface area contributed by atoms with Gasteiger partial charge >= 0.3 is 5.97 Å². The van der Waals surface area contributed by atoms with E-state index in [1.54, 1.807) is 13.8 Å². The molecule has 0 aromatic rings. The highest BCUT2D eigenvalue weighted by molar-refractivity contribution is 5.72. The lowest BCUT2D eigenvalue weighted by atomic mass is 10.1. The summed E-state index contributed by atoms with van der Waals surface area (Å²) in [5, 5.41) is 18.0. The highest BCUT2D eigenvalue weighted by Crippen LogP contribution is 2.10. The van der Waals surface area contributed by atoms with Crippen LogP contribution in [0.15, 0.2) is 0 Å². The fraction of sp³-hybridized carbons (Fsp3) is 0.900. The second kappa shape index (κ2) is 6.79. The zero-order valence-corrected chi connectivity index (χ0v) is 9.06. The largest absolute Gasteiger partial charge is 0.479 e. The Kier molecular flexibility index (Phi) is 6.49. The molecule has 0 fully saturated rings. The number of aliphatic carboxylic acids is 1. The topological polar surface area (TPSA) is 66.8 Å². The molecular weight excluding hydrogens is 184 g/mol. The summed E-state index contributed by atoms with van der Waals surface area (Å²) >= 11 is 0. The summed E-state index contributed by atoms with van der Waals surface area (Å²) in [6.45, 7) is 5.26.